The second-order valence-corrected chi connectivity index (χ2v) is 5.31. The molecule has 21 heavy (non-hydrogen) atoms. The van der Waals surface area contributed by atoms with Gasteiger partial charge in [0.15, 0.2) is 0 Å². The zero-order chi connectivity index (χ0) is 16.2. The molecule has 0 saturated carbocycles. The fourth-order valence-electron chi connectivity index (χ4n) is 2.12. The van der Waals surface area contributed by atoms with Crippen LogP contribution in [0.15, 0.2) is 6.08 Å². The lowest BCUT2D eigenvalue weighted by Gasteiger charge is -2.24. The molecular formula is C15H23N3O3. The standard InChI is InChI=1S/C15H23N3O3/c1-10(2)18(9-8-15(20)21)14(19)7-6-13-11(3)16-17(5)12(13)4/h6-7,10H,8-9H2,1-5H3,(H,20,21)/b7-6+. The minimum Gasteiger partial charge on any atom is -0.481 e. The van der Waals surface area contributed by atoms with Crippen LogP contribution in [0.4, 0.5) is 0 Å². The topological polar surface area (TPSA) is 75.4 Å². The molecule has 1 rings (SSSR count). The Bertz CT molecular complexity index is 559. The number of aliphatic carboxylic acids is 1. The van der Waals surface area contributed by atoms with Crippen LogP contribution in [0.2, 0.25) is 0 Å². The maximum atomic E-state index is 12.2. The highest BCUT2D eigenvalue weighted by atomic mass is 16.4. The van der Waals surface area contributed by atoms with Gasteiger partial charge in [-0.2, -0.15) is 5.10 Å². The van der Waals surface area contributed by atoms with E-state index in [2.05, 4.69) is 5.10 Å². The SMILES string of the molecule is Cc1nn(C)c(C)c1/C=C/C(=O)N(CCC(=O)O)C(C)C. The number of rotatable bonds is 6. The highest BCUT2D eigenvalue weighted by Gasteiger charge is 2.16. The first-order chi connectivity index (χ1) is 9.73. The van der Waals surface area contributed by atoms with Gasteiger partial charge in [0.1, 0.15) is 0 Å². The highest BCUT2D eigenvalue weighted by Crippen LogP contribution is 2.14. The number of aryl methyl sites for hydroxylation is 2. The van der Waals surface area contributed by atoms with Crippen molar-refractivity contribution in [2.45, 2.75) is 40.2 Å². The van der Waals surface area contributed by atoms with Crippen LogP contribution < -0.4 is 0 Å². The average Bonchev–Trinajstić information content (AvgIpc) is 2.60. The summed E-state index contributed by atoms with van der Waals surface area (Å²) in [5.74, 6) is -1.09. The summed E-state index contributed by atoms with van der Waals surface area (Å²) in [5, 5.41) is 13.0. The van der Waals surface area contributed by atoms with Crippen LogP contribution in [0.1, 0.15) is 37.2 Å². The van der Waals surface area contributed by atoms with E-state index in [4.69, 9.17) is 5.11 Å². The molecule has 0 fully saturated rings. The third kappa shape index (κ3) is 4.44. The predicted molar refractivity (Wildman–Crippen MR) is 80.8 cm³/mol. The van der Waals surface area contributed by atoms with Gasteiger partial charge in [-0.25, -0.2) is 0 Å². The van der Waals surface area contributed by atoms with E-state index in [0.717, 1.165) is 17.0 Å². The normalized spacial score (nSPS) is 11.3. The summed E-state index contributed by atoms with van der Waals surface area (Å²) in [7, 11) is 1.86. The average molecular weight is 293 g/mol. The number of nitrogens with zero attached hydrogens (tertiary/aromatic N) is 3. The number of aromatic nitrogens is 2. The minimum atomic E-state index is -0.906. The van der Waals surface area contributed by atoms with Crippen molar-refractivity contribution < 1.29 is 14.7 Å². The van der Waals surface area contributed by atoms with Crippen LogP contribution in [0, 0.1) is 13.8 Å². The molecule has 1 amide bonds. The maximum absolute atomic E-state index is 12.2. The fraction of sp³-hybridized carbons (Fsp3) is 0.533. The van der Waals surface area contributed by atoms with Crippen molar-refractivity contribution in [1.82, 2.24) is 14.7 Å². The van der Waals surface area contributed by atoms with Gasteiger partial charge in [-0.1, -0.05) is 0 Å². The smallest absolute Gasteiger partial charge is 0.305 e. The molecule has 0 spiro atoms. The maximum Gasteiger partial charge on any atom is 0.305 e. The molecule has 0 bridgehead atoms. The fourth-order valence-corrected chi connectivity index (χ4v) is 2.12. The quantitative estimate of drug-likeness (QED) is 0.811. The number of amides is 1. The van der Waals surface area contributed by atoms with Gasteiger partial charge in [0, 0.05) is 37.0 Å². The minimum absolute atomic E-state index is 0.0439. The molecule has 1 heterocycles. The lowest BCUT2D eigenvalue weighted by atomic mass is 10.1. The monoisotopic (exact) mass is 293 g/mol. The van der Waals surface area contributed by atoms with Crippen LogP contribution in [0.25, 0.3) is 6.08 Å². The van der Waals surface area contributed by atoms with Gasteiger partial charge in [-0.05, 0) is 33.8 Å². The van der Waals surface area contributed by atoms with Gasteiger partial charge in [-0.3, -0.25) is 14.3 Å². The van der Waals surface area contributed by atoms with Crippen LogP contribution in [0.3, 0.4) is 0 Å². The van der Waals surface area contributed by atoms with Crippen molar-refractivity contribution in [1.29, 1.82) is 0 Å². The largest absolute Gasteiger partial charge is 0.481 e. The first-order valence-corrected chi connectivity index (χ1v) is 6.94. The molecule has 0 aliphatic rings. The Kier molecular flexibility index (Phi) is 5.69. The zero-order valence-corrected chi connectivity index (χ0v) is 13.3. The highest BCUT2D eigenvalue weighted by molar-refractivity contribution is 5.92. The Balaban J connectivity index is 2.85. The van der Waals surface area contributed by atoms with Crippen molar-refractivity contribution in [3.63, 3.8) is 0 Å². The molecule has 6 nitrogen and oxygen atoms in total. The van der Waals surface area contributed by atoms with Gasteiger partial charge in [0.25, 0.3) is 0 Å². The second-order valence-electron chi connectivity index (χ2n) is 5.31. The molecule has 0 radical (unpaired) electrons. The molecular weight excluding hydrogens is 270 g/mol. The summed E-state index contributed by atoms with van der Waals surface area (Å²) in [5.41, 5.74) is 2.77. The molecule has 0 unspecified atom stereocenters. The molecule has 0 saturated heterocycles. The van der Waals surface area contributed by atoms with Crippen LogP contribution in [0.5, 0.6) is 0 Å². The molecule has 1 aromatic heterocycles. The summed E-state index contributed by atoms with van der Waals surface area (Å²) >= 11 is 0. The van der Waals surface area contributed by atoms with E-state index in [1.54, 1.807) is 15.7 Å². The van der Waals surface area contributed by atoms with Crippen molar-refractivity contribution in [3.8, 4) is 0 Å². The summed E-state index contributed by atoms with van der Waals surface area (Å²) in [6.07, 6.45) is 3.18. The van der Waals surface area contributed by atoms with Crippen LogP contribution >= 0.6 is 0 Å². The number of carbonyl (C=O) groups excluding carboxylic acids is 1. The van der Waals surface area contributed by atoms with Gasteiger partial charge < -0.3 is 10.0 Å². The van der Waals surface area contributed by atoms with E-state index in [9.17, 15) is 9.59 Å². The van der Waals surface area contributed by atoms with Gasteiger partial charge >= 0.3 is 5.97 Å². The third-order valence-corrected chi connectivity index (χ3v) is 3.43. The molecule has 0 aromatic carbocycles. The van der Waals surface area contributed by atoms with E-state index in [0.29, 0.717) is 0 Å². The van der Waals surface area contributed by atoms with Gasteiger partial charge in [0.05, 0.1) is 12.1 Å². The van der Waals surface area contributed by atoms with Crippen LogP contribution in [-0.2, 0) is 16.6 Å². The molecule has 1 N–H and O–H groups in total. The predicted octanol–water partition coefficient (Wildman–Crippen LogP) is 1.76. The number of carboxylic acids is 1. The first kappa shape index (κ1) is 16.9. The van der Waals surface area contributed by atoms with E-state index < -0.39 is 5.97 Å². The van der Waals surface area contributed by atoms with Crippen molar-refractivity contribution in [2.75, 3.05) is 6.54 Å². The number of hydrogen-bond donors (Lipinski definition) is 1. The second kappa shape index (κ2) is 7.06. The third-order valence-electron chi connectivity index (χ3n) is 3.43. The molecule has 0 atom stereocenters. The Hall–Kier alpha value is -2.11. The number of carboxylic acid groups (broad SMARTS) is 1. The van der Waals surface area contributed by atoms with E-state index in [1.165, 1.54) is 6.08 Å². The van der Waals surface area contributed by atoms with Crippen molar-refractivity contribution in [2.24, 2.45) is 7.05 Å². The lowest BCUT2D eigenvalue weighted by molar-refractivity contribution is -0.138. The van der Waals surface area contributed by atoms with E-state index in [1.807, 2.05) is 34.7 Å². The Labute approximate surface area is 125 Å². The summed E-state index contributed by atoms with van der Waals surface area (Å²) < 4.78 is 1.77. The number of hydrogen-bond acceptors (Lipinski definition) is 3. The van der Waals surface area contributed by atoms with E-state index in [-0.39, 0.29) is 24.9 Å². The zero-order valence-electron chi connectivity index (χ0n) is 13.3. The first-order valence-electron chi connectivity index (χ1n) is 6.94. The molecule has 0 aliphatic carbocycles. The number of carbonyl (C=O) groups is 2. The molecule has 6 heteroatoms. The van der Waals surface area contributed by atoms with Crippen molar-refractivity contribution in [3.05, 3.63) is 23.0 Å². The van der Waals surface area contributed by atoms with Gasteiger partial charge in [-0.15, -0.1) is 0 Å². The van der Waals surface area contributed by atoms with Crippen LogP contribution in [-0.4, -0.2) is 44.3 Å². The van der Waals surface area contributed by atoms with Crippen molar-refractivity contribution >= 4 is 18.0 Å². The van der Waals surface area contributed by atoms with Gasteiger partial charge in [0.2, 0.25) is 5.91 Å². The summed E-state index contributed by atoms with van der Waals surface area (Å²) in [4.78, 5) is 24.4. The lowest BCUT2D eigenvalue weighted by Crippen LogP contribution is -2.37. The summed E-state index contributed by atoms with van der Waals surface area (Å²) in [6, 6.07) is -0.0439. The molecule has 0 aliphatic heterocycles. The molecule has 1 aromatic rings. The Morgan fingerprint density at radius 2 is 2.00 bits per heavy atom. The Morgan fingerprint density at radius 3 is 2.43 bits per heavy atom. The summed E-state index contributed by atoms with van der Waals surface area (Å²) in [6.45, 7) is 7.78. The van der Waals surface area contributed by atoms with E-state index >= 15 is 0 Å². The Morgan fingerprint density at radius 1 is 1.38 bits per heavy atom. The molecule has 116 valence electrons.